The number of likely N-dealkylation sites (tertiary alicyclic amines) is 1. The van der Waals surface area contributed by atoms with Gasteiger partial charge in [0.15, 0.2) is 0 Å². The third kappa shape index (κ3) is 2.07. The molecule has 0 radical (unpaired) electrons. The number of nitriles is 1. The monoisotopic (exact) mass is 206 g/mol. The summed E-state index contributed by atoms with van der Waals surface area (Å²) in [6.07, 6.45) is 0.625. The zero-order valence-electron chi connectivity index (χ0n) is 8.99. The van der Waals surface area contributed by atoms with Crippen LogP contribution in [0, 0.1) is 17.2 Å². The van der Waals surface area contributed by atoms with Crippen molar-refractivity contribution in [1.29, 1.82) is 5.26 Å². The van der Waals surface area contributed by atoms with Gasteiger partial charge < -0.3 is 4.90 Å². The Labute approximate surface area is 89.2 Å². The van der Waals surface area contributed by atoms with E-state index in [1.165, 1.54) is 13.8 Å². The maximum absolute atomic E-state index is 11.4. The number of nitrogens with zero attached hydrogens (tertiary/aromatic N) is 2. The minimum absolute atomic E-state index is 0.0140. The van der Waals surface area contributed by atoms with Gasteiger partial charge in [0.25, 0.3) is 0 Å². The molecule has 1 amide bonds. The van der Waals surface area contributed by atoms with E-state index in [4.69, 9.17) is 5.26 Å². The molecule has 4 heteroatoms. The largest absolute Gasteiger partial charge is 0.334 e. The van der Waals surface area contributed by atoms with Crippen LogP contribution in [0.5, 0.6) is 0 Å². The number of ketones is 1. The molecule has 1 heterocycles. The minimum atomic E-state index is -0.426. The van der Waals surface area contributed by atoms with Crippen LogP contribution in [0.25, 0.3) is 0 Å². The molecule has 1 fully saturated rings. The van der Waals surface area contributed by atoms with Gasteiger partial charge >= 0.3 is 0 Å². The topological polar surface area (TPSA) is 61.2 Å². The number of Topliss-reactive ketones (excluding diaryl/α,β-unsaturated/α-hetero) is 1. The second kappa shape index (κ2) is 4.26. The Bertz CT molecular complexity index is 332. The number of carbonyl (C=O) groups excluding carboxylic acids is 2. The van der Waals surface area contributed by atoms with Crippen LogP contribution in [0.4, 0.5) is 0 Å². The first kappa shape index (κ1) is 11.4. The van der Waals surface area contributed by atoms with E-state index in [9.17, 15) is 9.59 Å². The zero-order valence-corrected chi connectivity index (χ0v) is 8.99. The summed E-state index contributed by atoms with van der Waals surface area (Å²) in [4.78, 5) is 24.2. The average molecular weight is 206 g/mol. The molecule has 4 nitrogen and oxygen atoms in total. The van der Waals surface area contributed by atoms with Gasteiger partial charge in [-0.25, -0.2) is 0 Å². The van der Waals surface area contributed by atoms with Crippen molar-refractivity contribution in [2.45, 2.75) is 26.3 Å². The van der Waals surface area contributed by atoms with Gasteiger partial charge in [0.05, 0.1) is 12.1 Å². The molecule has 1 saturated heterocycles. The van der Waals surface area contributed by atoms with Gasteiger partial charge in [0.2, 0.25) is 5.91 Å². The van der Waals surface area contributed by atoms with Crippen molar-refractivity contribution in [1.82, 2.24) is 4.90 Å². The minimum Gasteiger partial charge on any atom is -0.334 e. The first-order valence-corrected chi connectivity index (χ1v) is 4.85. The van der Waals surface area contributed by atoms with Gasteiger partial charge in [-0.3, -0.25) is 9.59 Å². The maximum Gasteiger partial charge on any atom is 0.220 e. The number of carbonyl (C=O) groups is 2. The van der Waals surface area contributed by atoms with Crippen molar-refractivity contribution in [3.63, 3.8) is 0 Å². The molecular weight excluding hydrogens is 192 g/mol. The molecule has 2 unspecified atom stereocenters. The van der Waals surface area contributed by atoms with Crippen molar-refractivity contribution in [3.8, 4) is 6.07 Å². The number of hydrogen-bond donors (Lipinski definition) is 0. The molecule has 0 N–H and O–H groups in total. The maximum atomic E-state index is 11.4. The third-order valence-corrected chi connectivity index (χ3v) is 2.83. The lowest BCUT2D eigenvalue weighted by Crippen LogP contribution is -2.39. The number of rotatable bonds is 2. The van der Waals surface area contributed by atoms with Gasteiger partial charge in [-0.15, -0.1) is 0 Å². The first-order chi connectivity index (χ1) is 6.99. The van der Waals surface area contributed by atoms with Crippen LogP contribution in [-0.2, 0) is 9.59 Å². The molecule has 0 aromatic carbocycles. The highest BCUT2D eigenvalue weighted by molar-refractivity contribution is 5.83. The number of hydrogen-bond acceptors (Lipinski definition) is 3. The van der Waals surface area contributed by atoms with E-state index in [0.717, 1.165) is 0 Å². The van der Waals surface area contributed by atoms with E-state index in [2.05, 4.69) is 6.58 Å². The van der Waals surface area contributed by atoms with Gasteiger partial charge in [0, 0.05) is 25.0 Å². The lowest BCUT2D eigenvalue weighted by molar-refractivity contribution is -0.129. The van der Waals surface area contributed by atoms with Crippen LogP contribution in [0.2, 0.25) is 0 Å². The standard InChI is InChI=1S/C11H14N2O2/c1-7(6-12)11-10(8(2)14)4-5-13(11)9(3)15/h10-11H,1,4-5H2,2-3H3. The highest BCUT2D eigenvalue weighted by Gasteiger charge is 2.39. The average Bonchev–Trinajstić information content (AvgIpc) is 2.60. The summed E-state index contributed by atoms with van der Waals surface area (Å²) in [5, 5.41) is 8.80. The van der Waals surface area contributed by atoms with Crippen LogP contribution >= 0.6 is 0 Å². The van der Waals surface area contributed by atoms with E-state index in [0.29, 0.717) is 18.5 Å². The van der Waals surface area contributed by atoms with Crippen molar-refractivity contribution >= 4 is 11.7 Å². The summed E-state index contributed by atoms with van der Waals surface area (Å²) in [5.41, 5.74) is 0.294. The fourth-order valence-electron chi connectivity index (χ4n) is 2.07. The Morgan fingerprint density at radius 2 is 2.07 bits per heavy atom. The van der Waals surface area contributed by atoms with Gasteiger partial charge in [0.1, 0.15) is 5.78 Å². The van der Waals surface area contributed by atoms with Crippen molar-refractivity contribution in [3.05, 3.63) is 12.2 Å². The molecule has 0 aromatic heterocycles. The molecule has 1 aliphatic rings. The second-order valence-electron chi connectivity index (χ2n) is 3.80. The van der Waals surface area contributed by atoms with Gasteiger partial charge in [-0.1, -0.05) is 6.58 Å². The second-order valence-corrected chi connectivity index (χ2v) is 3.80. The van der Waals surface area contributed by atoms with E-state index >= 15 is 0 Å². The van der Waals surface area contributed by atoms with E-state index in [1.807, 2.05) is 6.07 Å². The Morgan fingerprint density at radius 3 is 2.47 bits per heavy atom. The predicted octanol–water partition coefficient (Wildman–Crippen LogP) is 0.892. The Hall–Kier alpha value is -1.63. The Balaban J connectivity index is 2.98. The summed E-state index contributed by atoms with van der Waals surface area (Å²) >= 11 is 0. The Kier molecular flexibility index (Phi) is 3.25. The van der Waals surface area contributed by atoms with Crippen molar-refractivity contribution in [2.75, 3.05) is 6.54 Å². The molecule has 2 atom stereocenters. The zero-order chi connectivity index (χ0) is 11.6. The van der Waals surface area contributed by atoms with E-state index in [1.54, 1.807) is 4.90 Å². The SMILES string of the molecule is C=C(C#N)C1C(C(C)=O)CCN1C(C)=O. The summed E-state index contributed by atoms with van der Waals surface area (Å²) in [7, 11) is 0. The summed E-state index contributed by atoms with van der Waals surface area (Å²) < 4.78 is 0. The lowest BCUT2D eigenvalue weighted by atomic mass is 9.92. The molecule has 0 bridgehead atoms. The molecule has 15 heavy (non-hydrogen) atoms. The number of amides is 1. The lowest BCUT2D eigenvalue weighted by Gasteiger charge is -2.25. The van der Waals surface area contributed by atoms with E-state index in [-0.39, 0.29) is 17.6 Å². The summed E-state index contributed by atoms with van der Waals surface area (Å²) in [6, 6.07) is 1.51. The smallest absolute Gasteiger partial charge is 0.220 e. The molecular formula is C11H14N2O2. The molecule has 0 aromatic rings. The molecule has 1 rings (SSSR count). The highest BCUT2D eigenvalue weighted by Crippen LogP contribution is 2.29. The molecule has 1 aliphatic heterocycles. The van der Waals surface area contributed by atoms with Crippen LogP contribution in [0.15, 0.2) is 12.2 Å². The van der Waals surface area contributed by atoms with Crippen LogP contribution < -0.4 is 0 Å². The van der Waals surface area contributed by atoms with Gasteiger partial charge in [-0.2, -0.15) is 5.26 Å². The normalized spacial score (nSPS) is 24.7. The van der Waals surface area contributed by atoms with Crippen molar-refractivity contribution < 1.29 is 9.59 Å². The Morgan fingerprint density at radius 1 is 1.47 bits per heavy atom. The highest BCUT2D eigenvalue weighted by atomic mass is 16.2. The fourth-order valence-corrected chi connectivity index (χ4v) is 2.07. The van der Waals surface area contributed by atoms with Crippen LogP contribution in [0.3, 0.4) is 0 Å². The predicted molar refractivity (Wildman–Crippen MR) is 54.7 cm³/mol. The van der Waals surface area contributed by atoms with Crippen LogP contribution in [-0.4, -0.2) is 29.2 Å². The fraction of sp³-hybridized carbons (Fsp3) is 0.545. The molecule has 0 spiro atoms. The third-order valence-electron chi connectivity index (χ3n) is 2.83. The summed E-state index contributed by atoms with van der Waals surface area (Å²) in [6.45, 7) is 7.08. The first-order valence-electron chi connectivity index (χ1n) is 4.85. The van der Waals surface area contributed by atoms with E-state index < -0.39 is 6.04 Å². The quantitative estimate of drug-likeness (QED) is 0.630. The van der Waals surface area contributed by atoms with Crippen molar-refractivity contribution in [2.24, 2.45) is 5.92 Å². The molecule has 0 aliphatic carbocycles. The van der Waals surface area contributed by atoms with Crippen LogP contribution in [0.1, 0.15) is 20.3 Å². The molecule has 80 valence electrons. The van der Waals surface area contributed by atoms with Gasteiger partial charge in [-0.05, 0) is 13.3 Å². The summed E-state index contributed by atoms with van der Waals surface area (Å²) in [5.74, 6) is -0.360. The molecule has 0 saturated carbocycles.